The van der Waals surface area contributed by atoms with Gasteiger partial charge in [-0.3, -0.25) is 14.4 Å². The second-order valence-electron chi connectivity index (χ2n) is 7.90. The molecule has 2 N–H and O–H groups in total. The zero-order valence-corrected chi connectivity index (χ0v) is 21.8. The summed E-state index contributed by atoms with van der Waals surface area (Å²) >= 11 is 3.44. The van der Waals surface area contributed by atoms with Gasteiger partial charge in [-0.2, -0.15) is 0 Å². The molecule has 3 rings (SSSR count). The normalized spacial score (nSPS) is 10.3. The quantitative estimate of drug-likeness (QED) is 0.308. The van der Waals surface area contributed by atoms with Gasteiger partial charge in [0.1, 0.15) is 17.2 Å². The summed E-state index contributed by atoms with van der Waals surface area (Å²) in [5, 5.41) is 5.44. The average molecular weight is 555 g/mol. The molecule has 0 aliphatic rings. The number of benzene rings is 3. The van der Waals surface area contributed by atoms with Crippen molar-refractivity contribution in [2.24, 2.45) is 0 Å². The van der Waals surface area contributed by atoms with Gasteiger partial charge in [0.15, 0.2) is 6.61 Å². The molecule has 3 aromatic rings. The number of anilines is 2. The summed E-state index contributed by atoms with van der Waals surface area (Å²) in [4.78, 5) is 36.3. The predicted octanol–water partition coefficient (Wildman–Crippen LogP) is 5.77. The minimum absolute atomic E-state index is 0.0738. The Morgan fingerprint density at radius 2 is 1.36 bits per heavy atom. The van der Waals surface area contributed by atoms with E-state index >= 15 is 0 Å². The van der Waals surface area contributed by atoms with Gasteiger partial charge in [0, 0.05) is 22.3 Å². The molecule has 0 spiro atoms. The average Bonchev–Trinajstić information content (AvgIpc) is 2.88. The number of halogens is 1. The van der Waals surface area contributed by atoms with E-state index in [1.165, 1.54) is 0 Å². The van der Waals surface area contributed by atoms with Crippen molar-refractivity contribution in [2.45, 2.75) is 26.7 Å². The van der Waals surface area contributed by atoms with Crippen LogP contribution in [0.25, 0.3) is 0 Å². The number of rotatable bonds is 10. The maximum absolute atomic E-state index is 12.2. The number of carbonyl (C=O) groups excluding carboxylic acids is 3. The van der Waals surface area contributed by atoms with Crippen molar-refractivity contribution in [3.63, 3.8) is 0 Å². The molecule has 0 atom stereocenters. The Kier molecular flexibility index (Phi) is 9.46. The highest BCUT2D eigenvalue weighted by Gasteiger charge is 2.13. The predicted molar refractivity (Wildman–Crippen MR) is 141 cm³/mol. The zero-order valence-electron chi connectivity index (χ0n) is 20.2. The summed E-state index contributed by atoms with van der Waals surface area (Å²) in [5.41, 5.74) is 3.14. The Hall–Kier alpha value is -3.85. The number of carbonyl (C=O) groups is 3. The molecule has 8 nitrogen and oxygen atoms in total. The van der Waals surface area contributed by atoms with E-state index in [1.807, 2.05) is 19.9 Å². The van der Waals surface area contributed by atoms with Crippen molar-refractivity contribution in [2.75, 3.05) is 24.4 Å². The maximum Gasteiger partial charge on any atom is 0.306 e. The van der Waals surface area contributed by atoms with E-state index < -0.39 is 18.5 Å². The number of ether oxygens (including phenoxy) is 3. The van der Waals surface area contributed by atoms with E-state index in [1.54, 1.807) is 61.7 Å². The zero-order chi connectivity index (χ0) is 26.1. The molecule has 0 saturated heterocycles. The first-order valence-electron chi connectivity index (χ1n) is 11.2. The van der Waals surface area contributed by atoms with Gasteiger partial charge in [-0.25, -0.2) is 0 Å². The fourth-order valence-corrected chi connectivity index (χ4v) is 3.58. The monoisotopic (exact) mass is 554 g/mol. The summed E-state index contributed by atoms with van der Waals surface area (Å²) in [6.07, 6.45) is -0.218. The summed E-state index contributed by atoms with van der Waals surface area (Å²) in [6.45, 7) is 3.40. The number of hydrogen-bond acceptors (Lipinski definition) is 6. The van der Waals surface area contributed by atoms with Crippen molar-refractivity contribution in [3.8, 4) is 17.2 Å². The van der Waals surface area contributed by atoms with Crippen molar-refractivity contribution < 1.29 is 28.6 Å². The van der Waals surface area contributed by atoms with Crippen molar-refractivity contribution >= 4 is 45.1 Å². The molecule has 0 unspecified atom stereocenters. The Morgan fingerprint density at radius 1 is 0.750 bits per heavy atom. The second kappa shape index (κ2) is 12.7. The first-order valence-corrected chi connectivity index (χ1v) is 12.0. The van der Waals surface area contributed by atoms with Crippen LogP contribution in [0, 0.1) is 13.8 Å². The lowest BCUT2D eigenvalue weighted by Gasteiger charge is -2.12. The first-order chi connectivity index (χ1) is 17.2. The number of methoxy groups -OCH3 is 1. The Morgan fingerprint density at radius 3 is 2.00 bits per heavy atom. The minimum atomic E-state index is -0.632. The van der Waals surface area contributed by atoms with Gasteiger partial charge in [-0.15, -0.1) is 0 Å². The Labute approximate surface area is 218 Å². The molecule has 0 radical (unpaired) electrons. The van der Waals surface area contributed by atoms with Crippen LogP contribution in [0.5, 0.6) is 17.2 Å². The number of nitrogens with one attached hydrogen (secondary N) is 2. The smallest absolute Gasteiger partial charge is 0.306 e. The van der Waals surface area contributed by atoms with E-state index in [4.69, 9.17) is 14.2 Å². The standard InChI is InChI=1S/C27H27BrN2O6/c1-17-18(2)24(13-12-23(17)28)30-26(32)16-35-27(33)15-14-25(31)29-19-4-6-21(7-5-19)36-22-10-8-20(34-3)9-11-22/h4-13H,14-16H2,1-3H3,(H,29,31)(H,30,32). The minimum Gasteiger partial charge on any atom is -0.497 e. The van der Waals surface area contributed by atoms with Gasteiger partial charge in [0.2, 0.25) is 5.91 Å². The third-order valence-electron chi connectivity index (χ3n) is 5.35. The van der Waals surface area contributed by atoms with Crippen LogP contribution in [0.1, 0.15) is 24.0 Å². The van der Waals surface area contributed by atoms with E-state index in [-0.39, 0.29) is 18.7 Å². The SMILES string of the molecule is COc1ccc(Oc2ccc(NC(=O)CCC(=O)OCC(=O)Nc3ccc(Br)c(C)c3C)cc2)cc1. The van der Waals surface area contributed by atoms with Crippen LogP contribution in [0.4, 0.5) is 11.4 Å². The van der Waals surface area contributed by atoms with Gasteiger partial charge < -0.3 is 24.8 Å². The van der Waals surface area contributed by atoms with Crippen LogP contribution < -0.4 is 20.1 Å². The van der Waals surface area contributed by atoms with E-state index in [0.29, 0.717) is 22.9 Å². The van der Waals surface area contributed by atoms with Crippen LogP contribution in [-0.4, -0.2) is 31.5 Å². The molecule has 0 fully saturated rings. The highest BCUT2D eigenvalue weighted by atomic mass is 79.9. The summed E-state index contributed by atoms with van der Waals surface area (Å²) in [7, 11) is 1.60. The number of esters is 1. The number of amides is 2. The summed E-state index contributed by atoms with van der Waals surface area (Å²) in [5.74, 6) is 0.566. The van der Waals surface area contributed by atoms with Gasteiger partial charge in [0.05, 0.1) is 13.5 Å². The van der Waals surface area contributed by atoms with Crippen LogP contribution >= 0.6 is 15.9 Å². The molecule has 188 valence electrons. The van der Waals surface area contributed by atoms with Crippen molar-refractivity contribution in [1.82, 2.24) is 0 Å². The largest absolute Gasteiger partial charge is 0.497 e. The molecule has 0 bridgehead atoms. The fourth-order valence-electron chi connectivity index (χ4n) is 3.15. The summed E-state index contributed by atoms with van der Waals surface area (Å²) < 4.78 is 16.8. The lowest BCUT2D eigenvalue weighted by Crippen LogP contribution is -2.22. The highest BCUT2D eigenvalue weighted by molar-refractivity contribution is 9.10. The second-order valence-corrected chi connectivity index (χ2v) is 8.76. The molecule has 0 saturated carbocycles. The molecule has 0 heterocycles. The van der Waals surface area contributed by atoms with Crippen LogP contribution in [0.2, 0.25) is 0 Å². The maximum atomic E-state index is 12.2. The Bertz CT molecular complexity index is 1230. The van der Waals surface area contributed by atoms with Gasteiger partial charge in [0.25, 0.3) is 5.91 Å². The van der Waals surface area contributed by atoms with Crippen molar-refractivity contribution in [1.29, 1.82) is 0 Å². The lowest BCUT2D eigenvalue weighted by atomic mass is 10.1. The third-order valence-corrected chi connectivity index (χ3v) is 6.21. The topological polar surface area (TPSA) is 103 Å². The molecular formula is C27H27BrN2O6. The molecule has 0 aliphatic carbocycles. The van der Waals surface area contributed by atoms with Crippen LogP contribution in [0.3, 0.4) is 0 Å². The highest BCUT2D eigenvalue weighted by Crippen LogP contribution is 2.26. The van der Waals surface area contributed by atoms with Crippen molar-refractivity contribution in [3.05, 3.63) is 76.3 Å². The Balaban J connectivity index is 1.38. The molecular weight excluding hydrogens is 528 g/mol. The van der Waals surface area contributed by atoms with E-state index in [9.17, 15) is 14.4 Å². The lowest BCUT2D eigenvalue weighted by molar-refractivity contribution is -0.147. The van der Waals surface area contributed by atoms with Gasteiger partial charge in [-0.1, -0.05) is 15.9 Å². The van der Waals surface area contributed by atoms with Gasteiger partial charge >= 0.3 is 5.97 Å². The van der Waals surface area contributed by atoms with E-state index in [0.717, 1.165) is 21.3 Å². The molecule has 9 heteroatoms. The molecule has 3 aromatic carbocycles. The first kappa shape index (κ1) is 26.7. The molecule has 2 amide bonds. The van der Waals surface area contributed by atoms with Gasteiger partial charge in [-0.05, 0) is 85.6 Å². The van der Waals surface area contributed by atoms with Crippen LogP contribution in [0.15, 0.2) is 65.1 Å². The number of hydrogen-bond donors (Lipinski definition) is 2. The van der Waals surface area contributed by atoms with E-state index in [2.05, 4.69) is 26.6 Å². The fraction of sp³-hybridized carbons (Fsp3) is 0.222. The molecule has 0 aliphatic heterocycles. The third kappa shape index (κ3) is 7.84. The van der Waals surface area contributed by atoms with Crippen LogP contribution in [-0.2, 0) is 19.1 Å². The summed E-state index contributed by atoms with van der Waals surface area (Å²) in [6, 6.07) is 17.6. The molecule has 36 heavy (non-hydrogen) atoms. The molecule has 0 aromatic heterocycles.